The van der Waals surface area contributed by atoms with Gasteiger partial charge in [-0.05, 0) is 28.1 Å². The number of hydrogen-bond acceptors (Lipinski definition) is 7. The van der Waals surface area contributed by atoms with Gasteiger partial charge in [-0.3, -0.25) is 4.72 Å². The third-order valence-corrected chi connectivity index (χ3v) is 6.33. The number of thiophene rings is 1. The lowest BCUT2D eigenvalue weighted by molar-refractivity contribution is 0.307. The highest BCUT2D eigenvalue weighted by Gasteiger charge is 2.21. The third-order valence-electron chi connectivity index (χ3n) is 2.89. The summed E-state index contributed by atoms with van der Waals surface area (Å²) in [5, 5.41) is 0. The van der Waals surface area contributed by atoms with E-state index in [9.17, 15) is 8.42 Å². The van der Waals surface area contributed by atoms with Crippen LogP contribution in [0.2, 0.25) is 4.34 Å². The van der Waals surface area contributed by atoms with E-state index in [2.05, 4.69) is 40.6 Å². The van der Waals surface area contributed by atoms with E-state index in [1.165, 1.54) is 18.3 Å². The summed E-state index contributed by atoms with van der Waals surface area (Å²) in [7, 11) is -3.83. The number of aromatic nitrogens is 4. The molecular weight excluding hydrogens is 454 g/mol. The van der Waals surface area contributed by atoms with Gasteiger partial charge >= 0.3 is 0 Å². The molecule has 0 atom stereocenters. The number of nitrogens with zero attached hydrogens (tertiary/aromatic N) is 3. The summed E-state index contributed by atoms with van der Waals surface area (Å²) in [5.74, 6) is 0.803. The predicted molar refractivity (Wildman–Crippen MR) is 97.7 cm³/mol. The average Bonchev–Trinajstić information content (AvgIpc) is 3.21. The minimum Gasteiger partial charge on any atom is -0.475 e. The Morgan fingerprint density at radius 2 is 2.20 bits per heavy atom. The van der Waals surface area contributed by atoms with E-state index >= 15 is 0 Å². The van der Waals surface area contributed by atoms with Gasteiger partial charge in [-0.2, -0.15) is 0 Å². The van der Waals surface area contributed by atoms with E-state index in [1.807, 2.05) is 0 Å². The highest BCUT2D eigenvalue weighted by molar-refractivity contribution is 9.10. The highest BCUT2D eigenvalue weighted by Crippen LogP contribution is 2.29. The monoisotopic (exact) mass is 463 g/mol. The van der Waals surface area contributed by atoms with Gasteiger partial charge in [0.2, 0.25) is 5.82 Å². The highest BCUT2D eigenvalue weighted by atomic mass is 79.9. The Balaban J connectivity index is 1.76. The Bertz CT molecular complexity index is 962. The van der Waals surface area contributed by atoms with Crippen molar-refractivity contribution in [2.24, 2.45) is 0 Å². The molecule has 2 N–H and O–H groups in total. The van der Waals surface area contributed by atoms with Crippen molar-refractivity contribution in [3.8, 4) is 5.88 Å². The molecule has 0 spiro atoms. The summed E-state index contributed by atoms with van der Waals surface area (Å²) in [6, 6.07) is 2.92. The lowest BCUT2D eigenvalue weighted by Crippen LogP contribution is -2.15. The first-order valence-electron chi connectivity index (χ1n) is 6.86. The molecule has 12 heteroatoms. The molecule has 3 rings (SSSR count). The molecule has 0 aliphatic rings. The molecule has 132 valence electrons. The van der Waals surface area contributed by atoms with Crippen LogP contribution in [0.5, 0.6) is 5.88 Å². The summed E-state index contributed by atoms with van der Waals surface area (Å²) in [6.07, 6.45) is 5.23. The van der Waals surface area contributed by atoms with E-state index in [-0.39, 0.29) is 22.5 Å². The van der Waals surface area contributed by atoms with Gasteiger partial charge in [0.25, 0.3) is 15.9 Å². The maximum Gasteiger partial charge on any atom is 0.272 e. The summed E-state index contributed by atoms with van der Waals surface area (Å²) < 4.78 is 33.6. The van der Waals surface area contributed by atoms with Crippen LogP contribution in [0, 0.1) is 0 Å². The molecule has 3 heterocycles. The van der Waals surface area contributed by atoms with Gasteiger partial charge in [0.05, 0.1) is 17.1 Å². The van der Waals surface area contributed by atoms with E-state index in [1.54, 1.807) is 12.4 Å². The second-order valence-corrected chi connectivity index (χ2v) is 9.08. The molecule has 0 aliphatic heterocycles. The van der Waals surface area contributed by atoms with Crippen LogP contribution in [-0.4, -0.2) is 35.0 Å². The quantitative estimate of drug-likeness (QED) is 0.556. The minimum absolute atomic E-state index is 0.00725. The largest absolute Gasteiger partial charge is 0.475 e. The van der Waals surface area contributed by atoms with Gasteiger partial charge in [0, 0.05) is 18.8 Å². The number of hydrogen-bond donors (Lipinski definition) is 2. The van der Waals surface area contributed by atoms with E-state index in [4.69, 9.17) is 16.3 Å². The van der Waals surface area contributed by atoms with Gasteiger partial charge in [0.1, 0.15) is 14.6 Å². The fourth-order valence-corrected chi connectivity index (χ4v) is 4.57. The van der Waals surface area contributed by atoms with E-state index < -0.39 is 10.0 Å². The van der Waals surface area contributed by atoms with Crippen LogP contribution in [-0.2, 0) is 16.4 Å². The summed E-state index contributed by atoms with van der Waals surface area (Å²) >= 11 is 9.93. The van der Waals surface area contributed by atoms with E-state index in [0.29, 0.717) is 15.4 Å². The molecule has 0 saturated heterocycles. The molecular formula is C13H11BrClN5O3S2. The standard InChI is InChI=1S/C13H11BrClN5O3S2/c14-8-7-18-12(20-25(21,22)11-2-1-9(15)24-11)13(19-8)23-6-3-10-16-4-5-17-10/h1-2,4-5,7H,3,6H2,(H,16,17)(H,18,20). The van der Waals surface area contributed by atoms with Crippen molar-refractivity contribution >= 4 is 54.7 Å². The number of anilines is 1. The SMILES string of the molecule is O=S(=O)(Nc1ncc(Br)nc1OCCc1ncc[nH]1)c1ccc(Cl)s1. The molecule has 0 saturated carbocycles. The Morgan fingerprint density at radius 1 is 1.36 bits per heavy atom. The molecule has 0 amide bonds. The van der Waals surface area contributed by atoms with E-state index in [0.717, 1.165) is 17.2 Å². The average molecular weight is 465 g/mol. The number of ether oxygens (including phenoxy) is 1. The molecule has 3 aromatic rings. The molecule has 0 unspecified atom stereocenters. The van der Waals surface area contributed by atoms with Crippen LogP contribution in [0.15, 0.2) is 39.5 Å². The second kappa shape index (κ2) is 7.68. The number of H-pyrrole nitrogens is 1. The molecule has 0 aliphatic carbocycles. The number of nitrogens with one attached hydrogen (secondary N) is 2. The van der Waals surface area contributed by atoms with Crippen LogP contribution in [0.4, 0.5) is 5.82 Å². The van der Waals surface area contributed by atoms with Crippen molar-refractivity contribution in [1.29, 1.82) is 0 Å². The number of sulfonamides is 1. The Kier molecular flexibility index (Phi) is 5.57. The first-order valence-corrected chi connectivity index (χ1v) is 10.3. The van der Waals surface area contributed by atoms with Crippen molar-refractivity contribution < 1.29 is 13.2 Å². The lowest BCUT2D eigenvalue weighted by atomic mass is 10.4. The lowest BCUT2D eigenvalue weighted by Gasteiger charge is -2.11. The molecule has 0 radical (unpaired) electrons. The topological polar surface area (TPSA) is 110 Å². The van der Waals surface area contributed by atoms with Crippen LogP contribution in [0.1, 0.15) is 5.82 Å². The predicted octanol–water partition coefficient (Wildman–Crippen LogP) is 3.10. The van der Waals surface area contributed by atoms with Crippen molar-refractivity contribution in [1.82, 2.24) is 19.9 Å². The van der Waals surface area contributed by atoms with Crippen molar-refractivity contribution in [3.63, 3.8) is 0 Å². The van der Waals surface area contributed by atoms with Gasteiger partial charge < -0.3 is 9.72 Å². The first-order chi connectivity index (χ1) is 11.9. The summed E-state index contributed by atoms with van der Waals surface area (Å²) in [5.41, 5.74) is 0. The maximum atomic E-state index is 12.4. The zero-order chi connectivity index (χ0) is 17.9. The van der Waals surface area contributed by atoms with Crippen LogP contribution < -0.4 is 9.46 Å². The molecule has 0 aromatic carbocycles. The second-order valence-electron chi connectivity index (χ2n) is 4.64. The van der Waals surface area contributed by atoms with Gasteiger partial charge in [-0.25, -0.2) is 23.4 Å². The Hall–Kier alpha value is -1.69. The molecule has 25 heavy (non-hydrogen) atoms. The Labute approximate surface area is 160 Å². The zero-order valence-corrected chi connectivity index (χ0v) is 16.4. The zero-order valence-electron chi connectivity index (χ0n) is 12.4. The van der Waals surface area contributed by atoms with Crippen LogP contribution >= 0.6 is 38.9 Å². The number of imidazole rings is 1. The van der Waals surface area contributed by atoms with Crippen LogP contribution in [0.3, 0.4) is 0 Å². The normalized spacial score (nSPS) is 11.4. The fourth-order valence-electron chi connectivity index (χ4n) is 1.82. The fraction of sp³-hybridized carbons (Fsp3) is 0.154. The summed E-state index contributed by atoms with van der Waals surface area (Å²) in [4.78, 5) is 15.2. The summed E-state index contributed by atoms with van der Waals surface area (Å²) in [6.45, 7) is 0.248. The molecule has 3 aromatic heterocycles. The smallest absolute Gasteiger partial charge is 0.272 e. The molecule has 8 nitrogen and oxygen atoms in total. The van der Waals surface area contributed by atoms with Crippen molar-refractivity contribution in [2.75, 3.05) is 11.3 Å². The molecule has 0 bridgehead atoms. The number of aromatic amines is 1. The van der Waals surface area contributed by atoms with Gasteiger partial charge in [0.15, 0.2) is 0 Å². The number of halogens is 2. The number of rotatable bonds is 7. The van der Waals surface area contributed by atoms with Crippen LogP contribution in [0.25, 0.3) is 0 Å². The minimum atomic E-state index is -3.83. The third kappa shape index (κ3) is 4.69. The van der Waals surface area contributed by atoms with Crippen molar-refractivity contribution in [2.45, 2.75) is 10.6 Å². The molecule has 0 fully saturated rings. The first kappa shape index (κ1) is 18.1. The van der Waals surface area contributed by atoms with Gasteiger partial charge in [-0.1, -0.05) is 11.6 Å². The van der Waals surface area contributed by atoms with Gasteiger partial charge in [-0.15, -0.1) is 11.3 Å². The Morgan fingerprint density at radius 3 is 2.88 bits per heavy atom. The van der Waals surface area contributed by atoms with Crippen molar-refractivity contribution in [3.05, 3.63) is 45.5 Å². The maximum absolute atomic E-state index is 12.4.